The van der Waals surface area contributed by atoms with E-state index in [-0.39, 0.29) is 11.9 Å². The number of hydrogen-bond donors (Lipinski definition) is 0. The Morgan fingerprint density at radius 3 is 2.59 bits per heavy atom. The second-order valence-corrected chi connectivity index (χ2v) is 7.66. The highest BCUT2D eigenvalue weighted by molar-refractivity contribution is 7.10. The van der Waals surface area contributed by atoms with Crippen LogP contribution in [0.4, 0.5) is 19.1 Å². The van der Waals surface area contributed by atoms with Crippen LogP contribution in [0.25, 0.3) is 11.3 Å². The number of rotatable bonds is 4. The molecule has 0 bridgehead atoms. The Morgan fingerprint density at radius 2 is 1.86 bits per heavy atom. The maximum atomic E-state index is 12.9. The summed E-state index contributed by atoms with van der Waals surface area (Å²) in [6.45, 7) is 1.19. The lowest BCUT2D eigenvalue weighted by molar-refractivity contribution is -0.141. The van der Waals surface area contributed by atoms with Gasteiger partial charge < -0.3 is 9.64 Å². The van der Waals surface area contributed by atoms with E-state index in [0.29, 0.717) is 13.1 Å². The third kappa shape index (κ3) is 4.19. The highest BCUT2D eigenvalue weighted by Crippen LogP contribution is 2.36. The highest BCUT2D eigenvalue weighted by atomic mass is 32.1. The molecular weight excluding hydrogens is 401 g/mol. The number of anilines is 1. The summed E-state index contributed by atoms with van der Waals surface area (Å²) in [5.41, 5.74) is 0.921. The molecule has 0 aliphatic carbocycles. The maximum absolute atomic E-state index is 12.9. The zero-order valence-corrected chi connectivity index (χ0v) is 16.5. The molecular formula is C20H19F3N4OS. The molecule has 1 fully saturated rings. The molecule has 0 N–H and O–H groups in total. The zero-order chi connectivity index (χ0) is 20.4. The van der Waals surface area contributed by atoms with Gasteiger partial charge in [0.15, 0.2) is 0 Å². The predicted molar refractivity (Wildman–Crippen MR) is 105 cm³/mol. The van der Waals surface area contributed by atoms with E-state index in [4.69, 9.17) is 9.72 Å². The van der Waals surface area contributed by atoms with Crippen LogP contribution in [-0.2, 0) is 6.18 Å². The molecule has 5 nitrogen and oxygen atoms in total. The van der Waals surface area contributed by atoms with Gasteiger partial charge in [0.2, 0.25) is 5.95 Å². The van der Waals surface area contributed by atoms with E-state index in [0.717, 1.165) is 47.1 Å². The first-order valence-electron chi connectivity index (χ1n) is 9.19. The van der Waals surface area contributed by atoms with Crippen molar-refractivity contribution in [2.24, 2.45) is 0 Å². The van der Waals surface area contributed by atoms with Crippen LogP contribution in [0.15, 0.2) is 41.9 Å². The zero-order valence-electron chi connectivity index (χ0n) is 15.7. The van der Waals surface area contributed by atoms with Crippen LogP contribution in [0, 0.1) is 0 Å². The summed E-state index contributed by atoms with van der Waals surface area (Å²) >= 11 is 1.61. The van der Waals surface area contributed by atoms with E-state index < -0.39 is 11.9 Å². The summed E-state index contributed by atoms with van der Waals surface area (Å²) in [4.78, 5) is 14.3. The lowest BCUT2D eigenvalue weighted by Gasteiger charge is -2.31. The minimum atomic E-state index is -4.47. The molecule has 3 aromatic rings. The van der Waals surface area contributed by atoms with Gasteiger partial charge in [-0.25, -0.2) is 15.0 Å². The minimum absolute atomic E-state index is 0.132. The number of hydrogen-bond acceptors (Lipinski definition) is 6. The van der Waals surface area contributed by atoms with E-state index in [1.807, 2.05) is 29.6 Å². The molecule has 1 saturated heterocycles. The first-order valence-corrected chi connectivity index (χ1v) is 10.1. The Hall–Kier alpha value is -2.68. The van der Waals surface area contributed by atoms with Crippen molar-refractivity contribution in [1.82, 2.24) is 15.0 Å². The van der Waals surface area contributed by atoms with Crippen LogP contribution in [0.1, 0.15) is 29.5 Å². The highest BCUT2D eigenvalue weighted by Gasteiger charge is 2.33. The average Bonchev–Trinajstić information content (AvgIpc) is 3.23. The molecule has 1 aliphatic rings. The van der Waals surface area contributed by atoms with E-state index >= 15 is 0 Å². The average molecular weight is 420 g/mol. The van der Waals surface area contributed by atoms with Gasteiger partial charge in [-0.3, -0.25) is 0 Å². The number of thiazole rings is 1. The third-order valence-corrected chi connectivity index (χ3v) is 5.97. The summed E-state index contributed by atoms with van der Waals surface area (Å²) in [6.07, 6.45) is -1.72. The molecule has 0 atom stereocenters. The fraction of sp³-hybridized carbons (Fsp3) is 0.350. The van der Waals surface area contributed by atoms with Gasteiger partial charge in [-0.05, 0) is 31.0 Å². The van der Waals surface area contributed by atoms with Crippen molar-refractivity contribution >= 4 is 17.3 Å². The van der Waals surface area contributed by atoms with Crippen LogP contribution >= 0.6 is 11.3 Å². The van der Waals surface area contributed by atoms with Crippen molar-refractivity contribution in [2.75, 3.05) is 25.1 Å². The van der Waals surface area contributed by atoms with Crippen molar-refractivity contribution in [2.45, 2.75) is 24.9 Å². The molecule has 2 aromatic heterocycles. The number of halogens is 3. The molecule has 0 radical (unpaired) electrons. The first-order chi connectivity index (χ1) is 14.0. The van der Waals surface area contributed by atoms with Crippen LogP contribution in [-0.4, -0.2) is 35.2 Å². The van der Waals surface area contributed by atoms with Crippen LogP contribution in [0.2, 0.25) is 0 Å². The number of alkyl halides is 3. The van der Waals surface area contributed by atoms with Gasteiger partial charge in [0.1, 0.15) is 11.4 Å². The first kappa shape index (κ1) is 19.6. The van der Waals surface area contributed by atoms with Gasteiger partial charge in [0, 0.05) is 36.1 Å². The van der Waals surface area contributed by atoms with Gasteiger partial charge >= 0.3 is 6.18 Å². The molecule has 3 heterocycles. The Balaban J connectivity index is 1.45. The second kappa shape index (κ2) is 7.98. The summed E-state index contributed by atoms with van der Waals surface area (Å²) < 4.78 is 44.1. The fourth-order valence-electron chi connectivity index (χ4n) is 3.44. The number of aromatic nitrogens is 3. The van der Waals surface area contributed by atoms with Crippen LogP contribution in [0.5, 0.6) is 5.75 Å². The normalized spacial score (nSPS) is 15.5. The summed E-state index contributed by atoms with van der Waals surface area (Å²) in [5, 5.41) is 3.06. The summed E-state index contributed by atoms with van der Waals surface area (Å²) in [6, 6.07) is 8.64. The maximum Gasteiger partial charge on any atom is 0.433 e. The largest absolute Gasteiger partial charge is 0.496 e. The molecule has 1 aliphatic heterocycles. The molecule has 0 amide bonds. The number of nitrogens with zero attached hydrogens (tertiary/aromatic N) is 4. The van der Waals surface area contributed by atoms with Gasteiger partial charge in [-0.1, -0.05) is 12.1 Å². The predicted octanol–water partition coefficient (Wildman–Crippen LogP) is 5.01. The third-order valence-electron chi connectivity index (χ3n) is 4.97. The topological polar surface area (TPSA) is 51.1 Å². The standard InChI is InChI=1S/C20H19F3N4OS/c1-28-16-5-3-2-4-14(16)15-12-29-18(25-15)13-7-10-27(11-8-13)19-24-9-6-17(26-19)20(21,22)23/h2-6,9,12-13H,7-8,10-11H2,1H3. The second-order valence-electron chi connectivity index (χ2n) is 6.77. The smallest absolute Gasteiger partial charge is 0.433 e. The molecule has 0 saturated carbocycles. The number of methoxy groups -OCH3 is 1. The number of para-hydroxylation sites is 1. The quantitative estimate of drug-likeness (QED) is 0.594. The van der Waals surface area contributed by atoms with Gasteiger partial charge in [-0.15, -0.1) is 11.3 Å². The Morgan fingerprint density at radius 1 is 1.10 bits per heavy atom. The SMILES string of the molecule is COc1ccccc1-c1csc(C2CCN(c3nccc(C(F)(F)F)n3)CC2)n1. The minimum Gasteiger partial charge on any atom is -0.496 e. The summed E-state index contributed by atoms with van der Waals surface area (Å²) in [5.74, 6) is 1.18. The van der Waals surface area contributed by atoms with E-state index in [1.165, 1.54) is 0 Å². The Kier molecular flexibility index (Phi) is 5.40. The Bertz CT molecular complexity index is 984. The van der Waals surface area contributed by atoms with Crippen molar-refractivity contribution in [3.8, 4) is 17.0 Å². The summed E-state index contributed by atoms with van der Waals surface area (Å²) in [7, 11) is 1.64. The van der Waals surface area contributed by atoms with Gasteiger partial charge in [-0.2, -0.15) is 13.2 Å². The van der Waals surface area contributed by atoms with E-state index in [9.17, 15) is 13.2 Å². The number of piperidine rings is 1. The molecule has 29 heavy (non-hydrogen) atoms. The van der Waals surface area contributed by atoms with Crippen LogP contribution < -0.4 is 9.64 Å². The van der Waals surface area contributed by atoms with E-state index in [1.54, 1.807) is 23.3 Å². The molecule has 1 aromatic carbocycles. The van der Waals surface area contributed by atoms with Crippen molar-refractivity contribution in [3.63, 3.8) is 0 Å². The molecule has 9 heteroatoms. The van der Waals surface area contributed by atoms with Crippen LogP contribution in [0.3, 0.4) is 0 Å². The van der Waals surface area contributed by atoms with Gasteiger partial charge in [0.25, 0.3) is 0 Å². The molecule has 0 spiro atoms. The van der Waals surface area contributed by atoms with Gasteiger partial charge in [0.05, 0.1) is 17.8 Å². The lowest BCUT2D eigenvalue weighted by Crippen LogP contribution is -2.34. The Labute approximate surface area is 170 Å². The monoisotopic (exact) mass is 420 g/mol. The number of benzene rings is 1. The van der Waals surface area contributed by atoms with Crippen molar-refractivity contribution < 1.29 is 17.9 Å². The molecule has 0 unspecified atom stereocenters. The lowest BCUT2D eigenvalue weighted by atomic mass is 9.98. The van der Waals surface area contributed by atoms with Crippen molar-refractivity contribution in [3.05, 3.63) is 52.6 Å². The number of ether oxygens (including phenoxy) is 1. The fourth-order valence-corrected chi connectivity index (χ4v) is 4.43. The molecule has 152 valence electrons. The molecule has 4 rings (SSSR count). The van der Waals surface area contributed by atoms with Crippen molar-refractivity contribution in [1.29, 1.82) is 0 Å². The van der Waals surface area contributed by atoms with E-state index in [2.05, 4.69) is 9.97 Å².